The number of hydrogen-bond acceptors (Lipinski definition) is 2. The Bertz CT molecular complexity index is 302. The van der Waals surface area contributed by atoms with Crippen molar-refractivity contribution in [3.8, 4) is 5.75 Å². The quantitative estimate of drug-likeness (QED) is 0.783. The first-order valence-corrected chi connectivity index (χ1v) is 4.00. The summed E-state index contributed by atoms with van der Waals surface area (Å²) in [5.41, 5.74) is 5.50. The normalized spacial score (nSPS) is 10.2. The minimum atomic E-state index is -0.704. The Balaban J connectivity index is 3.13. The molecule has 0 unspecified atom stereocenters. The van der Waals surface area contributed by atoms with Gasteiger partial charge in [-0.2, -0.15) is 0 Å². The fourth-order valence-corrected chi connectivity index (χ4v) is 1.01. The van der Waals surface area contributed by atoms with Crippen molar-refractivity contribution < 1.29 is 13.5 Å². The van der Waals surface area contributed by atoms with Crippen LogP contribution in [0.4, 0.5) is 8.78 Å². The Morgan fingerprint density at radius 3 is 2.62 bits per heavy atom. The standard InChI is InChI=1S/C9H11F2NO/c1-2-13-9-7(10)4-3-6(5-12)8(9)11/h3-4H,2,5,12H2,1H3. The maximum atomic E-state index is 13.3. The molecule has 4 heteroatoms. The van der Waals surface area contributed by atoms with E-state index < -0.39 is 11.6 Å². The summed E-state index contributed by atoms with van der Waals surface area (Å²) in [5.74, 6) is -1.74. The van der Waals surface area contributed by atoms with Gasteiger partial charge in [0.25, 0.3) is 0 Å². The molecule has 72 valence electrons. The fraction of sp³-hybridized carbons (Fsp3) is 0.333. The molecule has 0 atom stereocenters. The Morgan fingerprint density at radius 2 is 2.08 bits per heavy atom. The van der Waals surface area contributed by atoms with Gasteiger partial charge in [-0.1, -0.05) is 6.07 Å². The van der Waals surface area contributed by atoms with Gasteiger partial charge in [0.1, 0.15) is 0 Å². The summed E-state index contributed by atoms with van der Waals surface area (Å²) in [6, 6.07) is 2.46. The van der Waals surface area contributed by atoms with Gasteiger partial charge in [0.05, 0.1) is 6.61 Å². The number of halogens is 2. The third-order valence-corrected chi connectivity index (χ3v) is 1.64. The molecule has 0 aliphatic rings. The molecular formula is C9H11F2NO. The third kappa shape index (κ3) is 1.95. The van der Waals surface area contributed by atoms with Crippen LogP contribution in [0.3, 0.4) is 0 Å². The zero-order valence-electron chi connectivity index (χ0n) is 7.31. The number of benzene rings is 1. The first-order chi connectivity index (χ1) is 6.20. The average molecular weight is 187 g/mol. The molecule has 0 saturated carbocycles. The van der Waals surface area contributed by atoms with Crippen molar-refractivity contribution in [1.82, 2.24) is 0 Å². The first kappa shape index (κ1) is 9.92. The minimum absolute atomic E-state index is 0.0339. The second kappa shape index (κ2) is 4.18. The average Bonchev–Trinajstić information content (AvgIpc) is 2.12. The van der Waals surface area contributed by atoms with E-state index in [0.717, 1.165) is 6.07 Å². The van der Waals surface area contributed by atoms with Gasteiger partial charge in [0.15, 0.2) is 17.4 Å². The van der Waals surface area contributed by atoms with Crippen molar-refractivity contribution in [2.45, 2.75) is 13.5 Å². The molecular weight excluding hydrogens is 176 g/mol. The zero-order chi connectivity index (χ0) is 9.84. The van der Waals surface area contributed by atoms with Crippen LogP contribution >= 0.6 is 0 Å². The lowest BCUT2D eigenvalue weighted by molar-refractivity contribution is 0.301. The fourth-order valence-electron chi connectivity index (χ4n) is 1.01. The Kier molecular flexibility index (Phi) is 3.19. The summed E-state index contributed by atoms with van der Waals surface area (Å²) in [5, 5.41) is 0. The number of nitrogens with two attached hydrogens (primary N) is 1. The van der Waals surface area contributed by atoms with Crippen LogP contribution < -0.4 is 10.5 Å². The van der Waals surface area contributed by atoms with Crippen molar-refractivity contribution in [2.75, 3.05) is 6.61 Å². The van der Waals surface area contributed by atoms with E-state index >= 15 is 0 Å². The van der Waals surface area contributed by atoms with Crippen molar-refractivity contribution in [1.29, 1.82) is 0 Å². The molecule has 0 radical (unpaired) electrons. The van der Waals surface area contributed by atoms with Gasteiger partial charge in [0, 0.05) is 12.1 Å². The summed E-state index contributed by atoms with van der Waals surface area (Å²) in [6.45, 7) is 1.92. The van der Waals surface area contributed by atoms with Crippen molar-refractivity contribution in [2.24, 2.45) is 5.73 Å². The third-order valence-electron chi connectivity index (χ3n) is 1.64. The van der Waals surface area contributed by atoms with Crippen molar-refractivity contribution in [3.05, 3.63) is 29.3 Å². The highest BCUT2D eigenvalue weighted by Crippen LogP contribution is 2.24. The zero-order valence-corrected chi connectivity index (χ0v) is 7.31. The van der Waals surface area contributed by atoms with Crippen molar-refractivity contribution >= 4 is 0 Å². The van der Waals surface area contributed by atoms with E-state index in [1.165, 1.54) is 6.07 Å². The Morgan fingerprint density at radius 1 is 1.38 bits per heavy atom. The summed E-state index contributed by atoms with van der Waals surface area (Å²) in [7, 11) is 0. The van der Waals surface area contributed by atoms with Gasteiger partial charge in [-0.3, -0.25) is 0 Å². The molecule has 0 aromatic heterocycles. The van der Waals surface area contributed by atoms with Crippen LogP contribution in [0.5, 0.6) is 5.75 Å². The first-order valence-electron chi connectivity index (χ1n) is 4.00. The van der Waals surface area contributed by atoms with Gasteiger partial charge < -0.3 is 10.5 Å². The van der Waals surface area contributed by atoms with Crippen LogP contribution in [-0.4, -0.2) is 6.61 Å². The van der Waals surface area contributed by atoms with Gasteiger partial charge in [0.2, 0.25) is 0 Å². The number of rotatable bonds is 3. The van der Waals surface area contributed by atoms with Crippen LogP contribution in [0.1, 0.15) is 12.5 Å². The van der Waals surface area contributed by atoms with E-state index in [1.54, 1.807) is 6.92 Å². The molecule has 0 amide bonds. The SMILES string of the molecule is CCOc1c(F)ccc(CN)c1F. The largest absolute Gasteiger partial charge is 0.488 e. The highest BCUT2D eigenvalue weighted by molar-refractivity contribution is 5.32. The summed E-state index contributed by atoms with van der Waals surface area (Å²) < 4.78 is 31.0. The maximum absolute atomic E-state index is 13.3. The lowest BCUT2D eigenvalue weighted by Gasteiger charge is -2.08. The van der Waals surface area contributed by atoms with Gasteiger partial charge in [-0.05, 0) is 13.0 Å². The molecule has 1 aromatic carbocycles. The molecule has 0 aliphatic carbocycles. The van der Waals surface area contributed by atoms with E-state index in [4.69, 9.17) is 10.5 Å². The lowest BCUT2D eigenvalue weighted by atomic mass is 10.2. The molecule has 1 aromatic rings. The van der Waals surface area contributed by atoms with Crippen LogP contribution in [0.15, 0.2) is 12.1 Å². The molecule has 0 saturated heterocycles. The van der Waals surface area contributed by atoms with E-state index in [1.807, 2.05) is 0 Å². The highest BCUT2D eigenvalue weighted by atomic mass is 19.1. The van der Waals surface area contributed by atoms with E-state index in [0.29, 0.717) is 0 Å². The summed E-state index contributed by atoms with van der Waals surface area (Å²) in [4.78, 5) is 0. The molecule has 0 bridgehead atoms. The van der Waals surface area contributed by atoms with E-state index in [-0.39, 0.29) is 24.5 Å². The Hall–Kier alpha value is -1.16. The second-order valence-electron chi connectivity index (χ2n) is 2.49. The van der Waals surface area contributed by atoms with Gasteiger partial charge in [-0.25, -0.2) is 8.78 Å². The van der Waals surface area contributed by atoms with Gasteiger partial charge >= 0.3 is 0 Å². The van der Waals surface area contributed by atoms with E-state index in [9.17, 15) is 8.78 Å². The molecule has 0 aliphatic heterocycles. The second-order valence-corrected chi connectivity index (χ2v) is 2.49. The smallest absolute Gasteiger partial charge is 0.191 e. The molecule has 2 nitrogen and oxygen atoms in total. The number of hydrogen-bond donors (Lipinski definition) is 1. The van der Waals surface area contributed by atoms with Crippen molar-refractivity contribution in [3.63, 3.8) is 0 Å². The van der Waals surface area contributed by atoms with Gasteiger partial charge in [-0.15, -0.1) is 0 Å². The van der Waals surface area contributed by atoms with Crippen LogP contribution in [0.25, 0.3) is 0 Å². The summed E-state index contributed by atoms with van der Waals surface area (Å²) >= 11 is 0. The highest BCUT2D eigenvalue weighted by Gasteiger charge is 2.13. The van der Waals surface area contributed by atoms with Crippen LogP contribution in [-0.2, 0) is 6.54 Å². The van der Waals surface area contributed by atoms with Crippen LogP contribution in [0.2, 0.25) is 0 Å². The van der Waals surface area contributed by atoms with E-state index in [2.05, 4.69) is 0 Å². The molecule has 1 rings (SSSR count). The Labute approximate surface area is 75.3 Å². The molecule has 0 spiro atoms. The molecule has 2 N–H and O–H groups in total. The predicted octanol–water partition coefficient (Wildman–Crippen LogP) is 1.82. The molecule has 13 heavy (non-hydrogen) atoms. The lowest BCUT2D eigenvalue weighted by Crippen LogP contribution is -2.04. The molecule has 0 heterocycles. The minimum Gasteiger partial charge on any atom is -0.488 e. The monoisotopic (exact) mass is 187 g/mol. The summed E-state index contributed by atoms with van der Waals surface area (Å²) in [6.07, 6.45) is 0. The predicted molar refractivity (Wildman–Crippen MR) is 45.4 cm³/mol. The molecule has 0 fully saturated rings. The maximum Gasteiger partial charge on any atom is 0.191 e. The van der Waals surface area contributed by atoms with Crippen LogP contribution in [0, 0.1) is 11.6 Å². The number of ether oxygens (including phenoxy) is 1. The topological polar surface area (TPSA) is 35.2 Å².